The number of hydrazine groups is 1. The van der Waals surface area contributed by atoms with Crippen LogP contribution >= 0.6 is 0 Å². The fourth-order valence-electron chi connectivity index (χ4n) is 0.888. The van der Waals surface area contributed by atoms with Crippen LogP contribution in [0.15, 0.2) is 37.0 Å². The average molecular weight is 166 g/mol. The van der Waals surface area contributed by atoms with Gasteiger partial charge in [0.2, 0.25) is 0 Å². The summed E-state index contributed by atoms with van der Waals surface area (Å²) in [5, 5.41) is 1.33. The van der Waals surface area contributed by atoms with E-state index in [9.17, 15) is 4.39 Å². The highest BCUT2D eigenvalue weighted by atomic mass is 19.1. The van der Waals surface area contributed by atoms with E-state index in [-0.39, 0.29) is 5.82 Å². The van der Waals surface area contributed by atoms with E-state index in [0.717, 1.165) is 0 Å². The molecule has 0 fully saturated rings. The minimum Gasteiger partial charge on any atom is -0.314 e. The first-order valence-electron chi connectivity index (χ1n) is 3.61. The molecule has 0 unspecified atom stereocenters. The molecule has 3 heteroatoms. The molecule has 0 spiro atoms. The lowest BCUT2D eigenvalue weighted by Crippen LogP contribution is -2.24. The second-order valence-corrected chi connectivity index (χ2v) is 2.45. The minimum atomic E-state index is -0.241. The third-order valence-electron chi connectivity index (χ3n) is 1.55. The first kappa shape index (κ1) is 8.74. The number of benzene rings is 1. The average Bonchev–Trinajstić information content (AvgIpc) is 2.09. The topological polar surface area (TPSA) is 29.3 Å². The van der Waals surface area contributed by atoms with Crippen LogP contribution in [0.4, 0.5) is 4.39 Å². The van der Waals surface area contributed by atoms with Gasteiger partial charge in [0.05, 0.1) is 6.54 Å². The maximum absolute atomic E-state index is 13.0. The predicted octanol–water partition coefficient (Wildman–Crippen LogP) is 1.64. The van der Waals surface area contributed by atoms with Crippen LogP contribution in [0.2, 0.25) is 0 Å². The Morgan fingerprint density at radius 2 is 2.17 bits per heavy atom. The monoisotopic (exact) mass is 166 g/mol. The summed E-state index contributed by atoms with van der Waals surface area (Å²) in [5.41, 5.74) is 0.569. The Hall–Kier alpha value is -1.35. The Bertz CT molecular complexity index is 273. The lowest BCUT2D eigenvalue weighted by atomic mass is 10.2. The molecule has 1 rings (SSSR count). The SMILES string of the molecule is C=CN(N)Cc1ccccc1F. The van der Waals surface area contributed by atoms with Gasteiger partial charge in [0.15, 0.2) is 0 Å². The van der Waals surface area contributed by atoms with Crippen molar-refractivity contribution in [3.63, 3.8) is 0 Å². The zero-order chi connectivity index (χ0) is 8.97. The molecule has 0 aliphatic heterocycles. The number of nitrogens with zero attached hydrogens (tertiary/aromatic N) is 1. The van der Waals surface area contributed by atoms with Crippen LogP contribution in [0.1, 0.15) is 5.56 Å². The molecule has 12 heavy (non-hydrogen) atoms. The van der Waals surface area contributed by atoms with E-state index in [1.165, 1.54) is 17.3 Å². The number of hydrogen-bond acceptors (Lipinski definition) is 2. The molecule has 2 N–H and O–H groups in total. The van der Waals surface area contributed by atoms with Gasteiger partial charge in [0, 0.05) is 11.8 Å². The molecule has 1 aromatic carbocycles. The summed E-state index contributed by atoms with van der Waals surface area (Å²) in [5.74, 6) is 5.18. The molecule has 0 atom stereocenters. The Kier molecular flexibility index (Phi) is 2.82. The maximum Gasteiger partial charge on any atom is 0.128 e. The molecule has 0 bridgehead atoms. The van der Waals surface area contributed by atoms with Gasteiger partial charge in [0.25, 0.3) is 0 Å². The van der Waals surface area contributed by atoms with Crippen LogP contribution in [-0.4, -0.2) is 5.01 Å². The Balaban J connectivity index is 2.75. The number of rotatable bonds is 3. The van der Waals surface area contributed by atoms with Gasteiger partial charge in [-0.05, 0) is 6.07 Å². The van der Waals surface area contributed by atoms with Gasteiger partial charge in [-0.1, -0.05) is 24.8 Å². The van der Waals surface area contributed by atoms with E-state index in [0.29, 0.717) is 12.1 Å². The first-order valence-corrected chi connectivity index (χ1v) is 3.61. The van der Waals surface area contributed by atoms with E-state index >= 15 is 0 Å². The molecule has 1 aromatic rings. The quantitative estimate of drug-likeness (QED) is 0.546. The smallest absolute Gasteiger partial charge is 0.128 e. The van der Waals surface area contributed by atoms with Crippen molar-refractivity contribution in [2.45, 2.75) is 6.54 Å². The standard InChI is InChI=1S/C9H11FN2/c1-2-12(11)7-8-5-3-4-6-9(8)10/h2-6H,1,7,11H2. The van der Waals surface area contributed by atoms with Gasteiger partial charge in [-0.3, -0.25) is 0 Å². The van der Waals surface area contributed by atoms with E-state index in [4.69, 9.17) is 5.84 Å². The van der Waals surface area contributed by atoms with Gasteiger partial charge >= 0.3 is 0 Å². The summed E-state index contributed by atoms with van der Waals surface area (Å²) < 4.78 is 13.0. The Morgan fingerprint density at radius 3 is 2.75 bits per heavy atom. The molecule has 0 aliphatic carbocycles. The van der Waals surface area contributed by atoms with Gasteiger partial charge in [-0.2, -0.15) is 0 Å². The van der Waals surface area contributed by atoms with Gasteiger partial charge in [-0.15, -0.1) is 0 Å². The van der Waals surface area contributed by atoms with Crippen molar-refractivity contribution in [2.24, 2.45) is 5.84 Å². The van der Waals surface area contributed by atoms with Gasteiger partial charge < -0.3 is 5.01 Å². The largest absolute Gasteiger partial charge is 0.314 e. The van der Waals surface area contributed by atoms with Crippen molar-refractivity contribution < 1.29 is 4.39 Å². The summed E-state index contributed by atoms with van der Waals surface area (Å²) in [7, 11) is 0. The van der Waals surface area contributed by atoms with Crippen LogP contribution < -0.4 is 5.84 Å². The molecule has 0 heterocycles. The molecule has 0 radical (unpaired) electrons. The fraction of sp³-hybridized carbons (Fsp3) is 0.111. The molecule has 64 valence electrons. The molecule has 0 saturated heterocycles. The molecule has 2 nitrogen and oxygen atoms in total. The minimum absolute atomic E-state index is 0.241. The van der Waals surface area contributed by atoms with Gasteiger partial charge in [-0.25, -0.2) is 10.2 Å². The lowest BCUT2D eigenvalue weighted by Gasteiger charge is -2.12. The summed E-state index contributed by atoms with van der Waals surface area (Å²) in [6.07, 6.45) is 1.45. The third kappa shape index (κ3) is 2.07. The number of halogens is 1. The third-order valence-corrected chi connectivity index (χ3v) is 1.55. The van der Waals surface area contributed by atoms with E-state index < -0.39 is 0 Å². The van der Waals surface area contributed by atoms with Crippen LogP contribution in [0.25, 0.3) is 0 Å². The summed E-state index contributed by atoms with van der Waals surface area (Å²) >= 11 is 0. The van der Waals surface area contributed by atoms with Crippen molar-refractivity contribution >= 4 is 0 Å². The second-order valence-electron chi connectivity index (χ2n) is 2.45. The molecule has 0 saturated carbocycles. The zero-order valence-electron chi connectivity index (χ0n) is 6.70. The molecule has 0 amide bonds. The maximum atomic E-state index is 13.0. The van der Waals surface area contributed by atoms with Crippen molar-refractivity contribution in [1.82, 2.24) is 5.01 Å². The highest BCUT2D eigenvalue weighted by molar-refractivity contribution is 5.17. The second kappa shape index (κ2) is 3.88. The van der Waals surface area contributed by atoms with Crippen molar-refractivity contribution in [1.29, 1.82) is 0 Å². The molecule has 0 aromatic heterocycles. The van der Waals surface area contributed by atoms with Crippen LogP contribution in [-0.2, 0) is 6.54 Å². The van der Waals surface area contributed by atoms with E-state index in [1.54, 1.807) is 18.2 Å². The van der Waals surface area contributed by atoms with Crippen LogP contribution in [0.5, 0.6) is 0 Å². The first-order chi connectivity index (χ1) is 5.74. The fourth-order valence-corrected chi connectivity index (χ4v) is 0.888. The van der Waals surface area contributed by atoms with Crippen molar-refractivity contribution in [3.05, 3.63) is 48.4 Å². The number of hydrogen-bond donors (Lipinski definition) is 1. The number of nitrogens with two attached hydrogens (primary N) is 1. The van der Waals surface area contributed by atoms with Crippen molar-refractivity contribution in [3.8, 4) is 0 Å². The lowest BCUT2D eigenvalue weighted by molar-refractivity contribution is 0.379. The molecular formula is C9H11FN2. The molecular weight excluding hydrogens is 155 g/mol. The summed E-state index contributed by atoms with van der Waals surface area (Å²) in [4.78, 5) is 0. The highest BCUT2D eigenvalue weighted by Gasteiger charge is 2.00. The highest BCUT2D eigenvalue weighted by Crippen LogP contribution is 2.07. The van der Waals surface area contributed by atoms with Crippen molar-refractivity contribution in [2.75, 3.05) is 0 Å². The van der Waals surface area contributed by atoms with Crippen LogP contribution in [0, 0.1) is 5.82 Å². The van der Waals surface area contributed by atoms with E-state index in [2.05, 4.69) is 6.58 Å². The normalized spacial score (nSPS) is 9.50. The van der Waals surface area contributed by atoms with Crippen LogP contribution in [0.3, 0.4) is 0 Å². The summed E-state index contributed by atoms with van der Waals surface area (Å²) in [6.45, 7) is 3.81. The summed E-state index contributed by atoms with van der Waals surface area (Å²) in [6, 6.07) is 6.52. The Labute approximate surface area is 71.1 Å². The predicted molar refractivity (Wildman–Crippen MR) is 46.3 cm³/mol. The zero-order valence-corrected chi connectivity index (χ0v) is 6.70. The molecule has 0 aliphatic rings. The van der Waals surface area contributed by atoms with E-state index in [1.807, 2.05) is 0 Å². The Morgan fingerprint density at radius 1 is 1.50 bits per heavy atom. The van der Waals surface area contributed by atoms with Gasteiger partial charge in [0.1, 0.15) is 5.82 Å².